The molecule has 0 radical (unpaired) electrons. The summed E-state index contributed by atoms with van der Waals surface area (Å²) in [5.74, 6) is 2.59. The van der Waals surface area contributed by atoms with Gasteiger partial charge in [0.2, 0.25) is 0 Å². The Bertz CT molecular complexity index is 584. The molecule has 0 aromatic carbocycles. The van der Waals surface area contributed by atoms with Gasteiger partial charge in [0.05, 0.1) is 17.9 Å². The summed E-state index contributed by atoms with van der Waals surface area (Å²) < 4.78 is 0. The monoisotopic (exact) mass is 281 g/mol. The van der Waals surface area contributed by atoms with Crippen molar-refractivity contribution in [2.45, 2.75) is 20.0 Å². The highest BCUT2D eigenvalue weighted by Crippen LogP contribution is 2.34. The van der Waals surface area contributed by atoms with Crippen LogP contribution in [0.15, 0.2) is 59.7 Å². The van der Waals surface area contributed by atoms with Crippen LogP contribution in [-0.2, 0) is 0 Å². The molecule has 0 aromatic heterocycles. The Morgan fingerprint density at radius 1 is 1.29 bits per heavy atom. The molecule has 2 heterocycles. The molecule has 0 saturated carbocycles. The third-order valence-corrected chi connectivity index (χ3v) is 3.93. The Hall–Kier alpha value is -2.34. The lowest BCUT2D eigenvalue weighted by molar-refractivity contribution is 0.138. The highest BCUT2D eigenvalue weighted by molar-refractivity contribution is 5.39. The zero-order chi connectivity index (χ0) is 15.4. The molecule has 0 bridgehead atoms. The number of nitrogens with zero attached hydrogens (tertiary/aromatic N) is 3. The van der Waals surface area contributed by atoms with Gasteiger partial charge in [-0.15, -0.1) is 6.42 Å². The van der Waals surface area contributed by atoms with E-state index >= 15 is 0 Å². The fourth-order valence-corrected chi connectivity index (χ4v) is 2.69. The van der Waals surface area contributed by atoms with Gasteiger partial charge in [-0.25, -0.2) is 0 Å². The van der Waals surface area contributed by atoms with E-state index in [2.05, 4.69) is 60.0 Å². The molecule has 0 amide bonds. The molecule has 2 aliphatic rings. The van der Waals surface area contributed by atoms with Crippen LogP contribution in [-0.4, -0.2) is 41.5 Å². The second-order valence-electron chi connectivity index (χ2n) is 5.31. The summed E-state index contributed by atoms with van der Waals surface area (Å²) in [6.07, 6.45) is 19.9. The van der Waals surface area contributed by atoms with Gasteiger partial charge in [0, 0.05) is 26.0 Å². The van der Waals surface area contributed by atoms with Crippen molar-refractivity contribution in [3.63, 3.8) is 0 Å². The van der Waals surface area contributed by atoms with Crippen LogP contribution in [0.5, 0.6) is 0 Å². The molecular formula is C18H23N3. The predicted octanol–water partition coefficient (Wildman–Crippen LogP) is 2.90. The lowest BCUT2D eigenvalue weighted by atomic mass is 10.1. The molecule has 110 valence electrons. The number of hydrogen-bond acceptors (Lipinski definition) is 3. The molecule has 1 unspecified atom stereocenters. The standard InChI is InChI=1S/C18H23N3/c1-6-8-10-11-16-13-20(5)18-14-19(4)15(3)17(21(16)18)12-9-7-2/h2,6,8-13,18H,14H2,1,3-5H3/b8-6-,11-10-,12-9-. The Morgan fingerprint density at radius 3 is 2.71 bits per heavy atom. The van der Waals surface area contributed by atoms with Crippen molar-refractivity contribution >= 4 is 0 Å². The van der Waals surface area contributed by atoms with Crippen molar-refractivity contribution in [3.8, 4) is 12.3 Å². The third kappa shape index (κ3) is 2.90. The van der Waals surface area contributed by atoms with Crippen LogP contribution >= 0.6 is 0 Å². The molecule has 0 aliphatic carbocycles. The Kier molecular flexibility index (Phi) is 4.59. The lowest BCUT2D eigenvalue weighted by Gasteiger charge is -2.42. The first kappa shape index (κ1) is 15.1. The summed E-state index contributed by atoms with van der Waals surface area (Å²) in [7, 11) is 4.24. The van der Waals surface area contributed by atoms with E-state index in [4.69, 9.17) is 6.42 Å². The molecule has 3 nitrogen and oxygen atoms in total. The van der Waals surface area contributed by atoms with Gasteiger partial charge in [0.1, 0.15) is 6.17 Å². The molecule has 0 aromatic rings. The Labute approximate surface area is 128 Å². The summed E-state index contributed by atoms with van der Waals surface area (Å²) >= 11 is 0. The van der Waals surface area contributed by atoms with E-state index in [1.54, 1.807) is 6.08 Å². The van der Waals surface area contributed by atoms with Gasteiger partial charge in [-0.1, -0.05) is 24.1 Å². The maximum Gasteiger partial charge on any atom is 0.123 e. The molecule has 3 heteroatoms. The topological polar surface area (TPSA) is 9.72 Å². The molecule has 21 heavy (non-hydrogen) atoms. The van der Waals surface area contributed by atoms with Crippen molar-refractivity contribution in [2.24, 2.45) is 0 Å². The quantitative estimate of drug-likeness (QED) is 0.582. The first-order valence-corrected chi connectivity index (χ1v) is 7.17. The van der Waals surface area contributed by atoms with Crippen LogP contribution in [0.1, 0.15) is 13.8 Å². The van der Waals surface area contributed by atoms with Crippen LogP contribution in [0, 0.1) is 12.3 Å². The average molecular weight is 281 g/mol. The number of terminal acetylenes is 1. The highest BCUT2D eigenvalue weighted by atomic mass is 15.4. The van der Waals surface area contributed by atoms with Crippen LogP contribution in [0.2, 0.25) is 0 Å². The van der Waals surface area contributed by atoms with Crippen molar-refractivity contribution < 1.29 is 0 Å². The number of fused-ring (bicyclic) bond motifs is 1. The van der Waals surface area contributed by atoms with Crippen molar-refractivity contribution in [1.82, 2.24) is 14.7 Å². The smallest absolute Gasteiger partial charge is 0.123 e. The molecule has 0 saturated heterocycles. The van der Waals surface area contributed by atoms with E-state index in [-0.39, 0.29) is 0 Å². The van der Waals surface area contributed by atoms with Crippen LogP contribution in [0.25, 0.3) is 0 Å². The SMILES string of the molecule is C#C/C=C\C1=C(C)N(C)CC2N(C)C=C(/C=C\C=C/C)N12. The second-order valence-corrected chi connectivity index (χ2v) is 5.31. The number of likely N-dealkylation sites (N-methyl/N-ethyl adjacent to an activating group) is 2. The summed E-state index contributed by atoms with van der Waals surface area (Å²) in [4.78, 5) is 6.88. The van der Waals surface area contributed by atoms with E-state index in [1.165, 1.54) is 11.4 Å². The van der Waals surface area contributed by atoms with E-state index in [0.717, 1.165) is 12.2 Å². The minimum atomic E-state index is 0.307. The molecule has 2 rings (SSSR count). The number of allylic oxidation sites excluding steroid dienone is 7. The van der Waals surface area contributed by atoms with E-state index < -0.39 is 0 Å². The van der Waals surface area contributed by atoms with Gasteiger partial charge < -0.3 is 14.7 Å². The summed E-state index contributed by atoms with van der Waals surface area (Å²) in [5, 5.41) is 0. The summed E-state index contributed by atoms with van der Waals surface area (Å²) in [6, 6.07) is 0. The highest BCUT2D eigenvalue weighted by Gasteiger charge is 2.36. The van der Waals surface area contributed by atoms with Crippen molar-refractivity contribution in [1.29, 1.82) is 0 Å². The molecular weight excluding hydrogens is 258 g/mol. The van der Waals surface area contributed by atoms with Crippen molar-refractivity contribution in [3.05, 3.63) is 59.7 Å². The lowest BCUT2D eigenvalue weighted by Crippen LogP contribution is -2.49. The van der Waals surface area contributed by atoms with E-state index in [1.807, 2.05) is 25.2 Å². The number of hydrogen-bond donors (Lipinski definition) is 0. The van der Waals surface area contributed by atoms with Gasteiger partial charge in [0.15, 0.2) is 0 Å². The van der Waals surface area contributed by atoms with E-state index in [0.29, 0.717) is 6.17 Å². The maximum absolute atomic E-state index is 5.38. The van der Waals surface area contributed by atoms with E-state index in [9.17, 15) is 0 Å². The van der Waals surface area contributed by atoms with Crippen LogP contribution in [0.3, 0.4) is 0 Å². The number of rotatable bonds is 3. The normalized spacial score (nSPS) is 22.7. The zero-order valence-corrected chi connectivity index (χ0v) is 13.2. The minimum Gasteiger partial charge on any atom is -0.372 e. The Morgan fingerprint density at radius 2 is 2.05 bits per heavy atom. The molecule has 0 spiro atoms. The van der Waals surface area contributed by atoms with Gasteiger partial charge in [-0.3, -0.25) is 0 Å². The molecule has 0 N–H and O–H groups in total. The maximum atomic E-state index is 5.38. The fraction of sp³-hybridized carbons (Fsp3) is 0.333. The first-order chi connectivity index (χ1) is 10.1. The Balaban J connectivity index is 2.42. The van der Waals surface area contributed by atoms with Gasteiger partial charge in [0.25, 0.3) is 0 Å². The fourth-order valence-electron chi connectivity index (χ4n) is 2.69. The minimum absolute atomic E-state index is 0.307. The van der Waals surface area contributed by atoms with Crippen LogP contribution < -0.4 is 0 Å². The average Bonchev–Trinajstić information content (AvgIpc) is 2.76. The van der Waals surface area contributed by atoms with Gasteiger partial charge in [-0.05, 0) is 32.1 Å². The zero-order valence-electron chi connectivity index (χ0n) is 13.2. The molecule has 2 aliphatic heterocycles. The van der Waals surface area contributed by atoms with Gasteiger partial charge >= 0.3 is 0 Å². The summed E-state index contributed by atoms with van der Waals surface area (Å²) in [5.41, 5.74) is 3.58. The molecule has 0 fully saturated rings. The largest absolute Gasteiger partial charge is 0.372 e. The van der Waals surface area contributed by atoms with Gasteiger partial charge in [-0.2, -0.15) is 0 Å². The first-order valence-electron chi connectivity index (χ1n) is 7.17. The predicted molar refractivity (Wildman–Crippen MR) is 88.7 cm³/mol. The second kappa shape index (κ2) is 6.41. The third-order valence-electron chi connectivity index (χ3n) is 3.93. The molecule has 1 atom stereocenters. The van der Waals surface area contributed by atoms with Crippen LogP contribution in [0.4, 0.5) is 0 Å². The summed E-state index contributed by atoms with van der Waals surface area (Å²) in [6.45, 7) is 5.12. The van der Waals surface area contributed by atoms with Crippen molar-refractivity contribution in [2.75, 3.05) is 20.6 Å².